The Bertz CT molecular complexity index is 234. The summed E-state index contributed by atoms with van der Waals surface area (Å²) in [6.45, 7) is 0.239. The number of urea groups is 1. The van der Waals surface area contributed by atoms with E-state index in [2.05, 4.69) is 0 Å². The molecule has 0 aromatic carbocycles. The van der Waals surface area contributed by atoms with Gasteiger partial charge in [0.15, 0.2) is 0 Å². The van der Waals surface area contributed by atoms with E-state index >= 15 is 0 Å². The second-order valence-corrected chi connectivity index (χ2v) is 3.03. The highest BCUT2D eigenvalue weighted by atomic mass is 35.5. The van der Waals surface area contributed by atoms with Crippen molar-refractivity contribution in [3.05, 3.63) is 0 Å². The Morgan fingerprint density at radius 3 is 2.64 bits per heavy atom. The normalized spacial score (nSPS) is 20.6. The van der Waals surface area contributed by atoms with E-state index in [9.17, 15) is 9.59 Å². The van der Waals surface area contributed by atoms with Crippen molar-refractivity contribution >= 4 is 24.3 Å². The number of imide groups is 1. The third-order valence-corrected chi connectivity index (χ3v) is 1.70. The lowest BCUT2D eigenvalue weighted by Crippen LogP contribution is -2.39. The van der Waals surface area contributed by atoms with Gasteiger partial charge in [-0.25, -0.2) is 4.79 Å². The van der Waals surface area contributed by atoms with Gasteiger partial charge >= 0.3 is 6.03 Å². The molecule has 1 aliphatic rings. The summed E-state index contributed by atoms with van der Waals surface area (Å²) in [4.78, 5) is 28.8. The Morgan fingerprint density at radius 2 is 2.29 bits per heavy atom. The molecule has 2 N–H and O–H groups in total. The number of rotatable bonds is 1. The molecular weight excluding hydrogens is 210 g/mol. The molecule has 0 aliphatic carbocycles. The van der Waals surface area contributed by atoms with E-state index in [4.69, 9.17) is 10.6 Å². The zero-order chi connectivity index (χ0) is 10.0. The summed E-state index contributed by atoms with van der Waals surface area (Å²) in [7, 11) is 3.10. The molecule has 1 aliphatic heterocycles. The van der Waals surface area contributed by atoms with Crippen LogP contribution in [0.25, 0.3) is 0 Å². The average Bonchev–Trinajstić information content (AvgIpc) is 2.45. The number of carbonyl (C=O) groups is 2. The molecule has 0 radical (unpaired) electrons. The molecule has 0 aromatic heterocycles. The van der Waals surface area contributed by atoms with Crippen molar-refractivity contribution in [1.29, 1.82) is 0 Å². The van der Waals surface area contributed by atoms with Gasteiger partial charge in [-0.1, -0.05) is 0 Å². The number of hydrogen-bond acceptors (Lipinski definition) is 4. The van der Waals surface area contributed by atoms with Crippen LogP contribution in [-0.2, 0) is 9.63 Å². The first-order valence-electron chi connectivity index (χ1n) is 3.97. The average molecular weight is 224 g/mol. The Kier molecular flexibility index (Phi) is 4.82. The maximum Gasteiger partial charge on any atom is 0.350 e. The second kappa shape index (κ2) is 5.14. The molecule has 6 nitrogen and oxygen atoms in total. The molecule has 1 fully saturated rings. The molecule has 0 bridgehead atoms. The van der Waals surface area contributed by atoms with Gasteiger partial charge in [-0.05, 0) is 0 Å². The number of hydrogen-bond donors (Lipinski definition) is 1. The number of carbonyl (C=O) groups excluding carboxylic acids is 2. The third-order valence-electron chi connectivity index (χ3n) is 1.70. The van der Waals surface area contributed by atoms with Crippen LogP contribution < -0.4 is 5.73 Å². The summed E-state index contributed by atoms with van der Waals surface area (Å²) in [5.41, 5.74) is 5.31. The van der Waals surface area contributed by atoms with E-state index in [-0.39, 0.29) is 37.4 Å². The highest BCUT2D eigenvalue weighted by Crippen LogP contribution is 2.15. The smallest absolute Gasteiger partial charge is 0.329 e. The van der Waals surface area contributed by atoms with Crippen molar-refractivity contribution in [2.24, 2.45) is 5.73 Å². The molecule has 7 heteroatoms. The highest BCUT2D eigenvalue weighted by Gasteiger charge is 2.35. The summed E-state index contributed by atoms with van der Waals surface area (Å²) in [5, 5.41) is 0.761. The van der Waals surface area contributed by atoms with Crippen molar-refractivity contribution in [3.63, 3.8) is 0 Å². The van der Waals surface area contributed by atoms with Crippen molar-refractivity contribution in [2.75, 3.05) is 20.6 Å². The third kappa shape index (κ3) is 2.57. The minimum atomic E-state index is -0.471. The lowest BCUT2D eigenvalue weighted by molar-refractivity contribution is -0.155. The van der Waals surface area contributed by atoms with Gasteiger partial charge in [0, 0.05) is 20.6 Å². The summed E-state index contributed by atoms with van der Waals surface area (Å²) >= 11 is 0. The fourth-order valence-corrected chi connectivity index (χ4v) is 0.983. The predicted molar refractivity (Wildman–Crippen MR) is 51.7 cm³/mol. The largest absolute Gasteiger partial charge is 0.350 e. The van der Waals surface area contributed by atoms with Crippen LogP contribution in [0.1, 0.15) is 6.42 Å². The molecule has 0 saturated carbocycles. The van der Waals surface area contributed by atoms with Crippen LogP contribution in [0.3, 0.4) is 0 Å². The highest BCUT2D eigenvalue weighted by molar-refractivity contribution is 5.94. The van der Waals surface area contributed by atoms with E-state index in [1.54, 1.807) is 14.1 Å². The predicted octanol–water partition coefficient (Wildman–Crippen LogP) is -0.419. The van der Waals surface area contributed by atoms with Crippen LogP contribution >= 0.6 is 12.4 Å². The number of amides is 3. The maximum absolute atomic E-state index is 11.3. The SMILES string of the molecule is CN(C)C(=O)N1OC(CN)CC1=O.Cl. The van der Waals surface area contributed by atoms with Crippen LogP contribution in [-0.4, -0.2) is 48.6 Å². The molecule has 82 valence electrons. The quantitative estimate of drug-likeness (QED) is 0.655. The molecule has 1 unspecified atom stereocenters. The summed E-state index contributed by atoms with van der Waals surface area (Å²) < 4.78 is 0. The first-order chi connectivity index (χ1) is 6.06. The molecule has 1 atom stereocenters. The standard InChI is InChI=1S/C7H13N3O3.ClH/c1-9(2)7(12)10-6(11)3-5(4-8)13-10;/h5H,3-4,8H2,1-2H3;1H. The number of nitrogens with zero attached hydrogens (tertiary/aromatic N) is 2. The molecule has 1 saturated heterocycles. The van der Waals surface area contributed by atoms with Crippen LogP contribution in [0.5, 0.6) is 0 Å². The zero-order valence-electron chi connectivity index (χ0n) is 8.10. The summed E-state index contributed by atoms with van der Waals surface area (Å²) in [5.74, 6) is -0.339. The fourth-order valence-electron chi connectivity index (χ4n) is 0.983. The fraction of sp³-hybridized carbons (Fsp3) is 0.714. The number of halogens is 1. The Labute approximate surface area is 88.3 Å². The first-order valence-corrected chi connectivity index (χ1v) is 3.97. The molecule has 1 rings (SSSR count). The Hall–Kier alpha value is -0.850. The number of hydroxylamine groups is 2. The van der Waals surface area contributed by atoms with Gasteiger partial charge in [-0.3, -0.25) is 9.63 Å². The van der Waals surface area contributed by atoms with E-state index in [1.807, 2.05) is 0 Å². The van der Waals surface area contributed by atoms with Gasteiger partial charge in [0.1, 0.15) is 6.10 Å². The van der Waals surface area contributed by atoms with E-state index < -0.39 is 6.03 Å². The van der Waals surface area contributed by atoms with Gasteiger partial charge in [0.2, 0.25) is 0 Å². The number of nitrogens with two attached hydrogens (primary N) is 1. The lowest BCUT2D eigenvalue weighted by atomic mass is 10.3. The van der Waals surface area contributed by atoms with Gasteiger partial charge in [0.05, 0.1) is 6.42 Å². The lowest BCUT2D eigenvalue weighted by Gasteiger charge is -2.18. The molecule has 3 amide bonds. The van der Waals surface area contributed by atoms with Gasteiger partial charge in [0.25, 0.3) is 5.91 Å². The van der Waals surface area contributed by atoms with Crippen molar-refractivity contribution in [1.82, 2.24) is 9.96 Å². The van der Waals surface area contributed by atoms with Gasteiger partial charge in [-0.15, -0.1) is 17.5 Å². The molecule has 14 heavy (non-hydrogen) atoms. The van der Waals surface area contributed by atoms with Gasteiger partial charge < -0.3 is 10.6 Å². The Balaban J connectivity index is 0.00000169. The molecule has 0 spiro atoms. The van der Waals surface area contributed by atoms with Crippen LogP contribution in [0.15, 0.2) is 0 Å². The van der Waals surface area contributed by atoms with Gasteiger partial charge in [-0.2, -0.15) is 0 Å². The minimum absolute atomic E-state index is 0. The molecular formula is C7H14ClN3O3. The summed E-state index contributed by atoms with van der Waals surface area (Å²) in [6.07, 6.45) is -0.188. The second-order valence-electron chi connectivity index (χ2n) is 3.03. The van der Waals surface area contributed by atoms with Crippen LogP contribution in [0.2, 0.25) is 0 Å². The zero-order valence-corrected chi connectivity index (χ0v) is 8.91. The van der Waals surface area contributed by atoms with Crippen LogP contribution in [0, 0.1) is 0 Å². The van der Waals surface area contributed by atoms with E-state index in [0.29, 0.717) is 0 Å². The summed E-state index contributed by atoms with van der Waals surface area (Å²) in [6, 6.07) is -0.471. The van der Waals surface area contributed by atoms with Crippen molar-refractivity contribution in [2.45, 2.75) is 12.5 Å². The maximum atomic E-state index is 11.3. The first kappa shape index (κ1) is 13.2. The topological polar surface area (TPSA) is 75.9 Å². The monoisotopic (exact) mass is 223 g/mol. The van der Waals surface area contributed by atoms with E-state index in [1.165, 1.54) is 4.90 Å². The van der Waals surface area contributed by atoms with Crippen LogP contribution in [0.4, 0.5) is 4.79 Å². The molecule has 1 heterocycles. The van der Waals surface area contributed by atoms with Crippen molar-refractivity contribution < 1.29 is 14.4 Å². The Morgan fingerprint density at radius 1 is 1.71 bits per heavy atom. The minimum Gasteiger partial charge on any atom is -0.329 e. The van der Waals surface area contributed by atoms with Crippen molar-refractivity contribution in [3.8, 4) is 0 Å². The van der Waals surface area contributed by atoms with E-state index in [0.717, 1.165) is 5.06 Å². The molecule has 0 aromatic rings.